The molecule has 2 aromatic carbocycles. The number of aliphatic hydroxyl groups is 1. The molecular weight excluding hydrogens is 647 g/mol. The number of hydrogen-bond acceptors (Lipinski definition) is 11. The maximum Gasteiger partial charge on any atom is 0.344 e. The Hall–Kier alpha value is -4.01. The van der Waals surface area contributed by atoms with Crippen LogP contribution in [0.15, 0.2) is 65.7 Å². The van der Waals surface area contributed by atoms with E-state index >= 15 is 4.39 Å². The smallest absolute Gasteiger partial charge is 0.344 e. The van der Waals surface area contributed by atoms with Gasteiger partial charge < -0.3 is 24.6 Å². The first-order valence-electron chi connectivity index (χ1n) is 15.1. The van der Waals surface area contributed by atoms with E-state index in [9.17, 15) is 9.90 Å². The fraction of sp³-hybridized carbons (Fsp3) is 0.364. The summed E-state index contributed by atoms with van der Waals surface area (Å²) in [4.78, 5) is 30.8. The number of carbonyl (C=O) groups excluding carboxylic acids is 1. The summed E-state index contributed by atoms with van der Waals surface area (Å²) >= 11 is 7.48. The fourth-order valence-electron chi connectivity index (χ4n) is 5.75. The topological polar surface area (TPSA) is 134 Å². The highest BCUT2D eigenvalue weighted by molar-refractivity contribution is 7.07. The van der Waals surface area contributed by atoms with Gasteiger partial charge in [0.15, 0.2) is 29.4 Å². The molecule has 1 aliphatic rings. The third-order valence-electron chi connectivity index (χ3n) is 8.22. The van der Waals surface area contributed by atoms with Crippen LogP contribution in [0.2, 0.25) is 5.28 Å². The Kier molecular flexibility index (Phi) is 9.80. The minimum atomic E-state index is -1.87. The SMILES string of the molecule is CCCNc1nc(Cl)nc2c1ncn2[C@@H]1O[C@H](COC(Cc2ccc(-c3ccccc3C)cc2)(C(=O)OC)c2cscn2)[C@@H](O)[C@@H]1F. The number of carbonyl (C=O) groups is 1. The summed E-state index contributed by atoms with van der Waals surface area (Å²) in [7, 11) is 1.27. The molecule has 0 saturated carbocycles. The molecule has 1 aliphatic heterocycles. The molecule has 14 heteroatoms. The summed E-state index contributed by atoms with van der Waals surface area (Å²) in [6, 6.07) is 15.9. The second kappa shape index (κ2) is 14.0. The van der Waals surface area contributed by atoms with E-state index in [4.69, 9.17) is 25.8 Å². The zero-order valence-corrected chi connectivity index (χ0v) is 27.5. The van der Waals surface area contributed by atoms with E-state index < -0.39 is 36.2 Å². The van der Waals surface area contributed by atoms with E-state index in [1.165, 1.54) is 29.3 Å². The molecule has 0 radical (unpaired) electrons. The first-order valence-corrected chi connectivity index (χ1v) is 16.4. The van der Waals surface area contributed by atoms with Gasteiger partial charge in [-0.25, -0.2) is 19.2 Å². The first kappa shape index (κ1) is 32.9. The normalized spacial score (nSPS) is 20.7. The van der Waals surface area contributed by atoms with Gasteiger partial charge in [-0.15, -0.1) is 11.3 Å². The average Bonchev–Trinajstić information content (AvgIpc) is 3.83. The van der Waals surface area contributed by atoms with Crippen molar-refractivity contribution in [3.8, 4) is 11.1 Å². The van der Waals surface area contributed by atoms with Gasteiger partial charge in [-0.1, -0.05) is 55.5 Å². The van der Waals surface area contributed by atoms with Crippen molar-refractivity contribution in [2.45, 2.75) is 56.9 Å². The molecule has 4 heterocycles. The number of methoxy groups -OCH3 is 1. The Balaban J connectivity index is 1.26. The monoisotopic (exact) mass is 680 g/mol. The number of imidazole rings is 1. The number of thiazole rings is 1. The molecule has 0 spiro atoms. The van der Waals surface area contributed by atoms with Crippen LogP contribution in [0, 0.1) is 6.92 Å². The number of anilines is 1. The van der Waals surface area contributed by atoms with Gasteiger partial charge in [0.2, 0.25) is 10.9 Å². The average molecular weight is 681 g/mol. The highest BCUT2D eigenvalue weighted by atomic mass is 35.5. The lowest BCUT2D eigenvalue weighted by molar-refractivity contribution is -0.180. The molecule has 5 atom stereocenters. The number of benzene rings is 2. The summed E-state index contributed by atoms with van der Waals surface area (Å²) in [5.74, 6) is -0.279. The fourth-order valence-corrected chi connectivity index (χ4v) is 6.53. The van der Waals surface area contributed by atoms with Crippen LogP contribution in [-0.4, -0.2) is 74.2 Å². The number of halogens is 2. The molecule has 0 aliphatic carbocycles. The van der Waals surface area contributed by atoms with Gasteiger partial charge in [0.1, 0.15) is 12.2 Å². The predicted octanol–water partition coefficient (Wildman–Crippen LogP) is 5.66. The molecule has 6 rings (SSSR count). The van der Waals surface area contributed by atoms with Crippen LogP contribution in [0.4, 0.5) is 10.2 Å². The van der Waals surface area contributed by atoms with Gasteiger partial charge in [-0.05, 0) is 47.2 Å². The van der Waals surface area contributed by atoms with Gasteiger partial charge in [-0.3, -0.25) is 4.57 Å². The molecule has 11 nitrogen and oxygen atoms in total. The van der Waals surface area contributed by atoms with Crippen LogP contribution in [0.25, 0.3) is 22.3 Å². The Bertz CT molecular complexity index is 1840. The Morgan fingerprint density at radius 2 is 1.98 bits per heavy atom. The number of aliphatic hydroxyl groups excluding tert-OH is 1. The van der Waals surface area contributed by atoms with Crippen LogP contribution in [0.3, 0.4) is 0 Å². The summed E-state index contributed by atoms with van der Waals surface area (Å²) in [5.41, 5.74) is 4.90. The van der Waals surface area contributed by atoms with Crippen LogP contribution < -0.4 is 5.32 Å². The van der Waals surface area contributed by atoms with Gasteiger partial charge in [0.25, 0.3) is 0 Å². The first-order chi connectivity index (χ1) is 22.8. The quantitative estimate of drug-likeness (QED) is 0.126. The number of alkyl halides is 1. The lowest BCUT2D eigenvalue weighted by Gasteiger charge is -2.31. The van der Waals surface area contributed by atoms with Crippen LogP contribution in [0.1, 0.15) is 36.4 Å². The molecule has 3 aromatic heterocycles. The number of ether oxygens (including phenoxy) is 3. The number of nitrogens with zero attached hydrogens (tertiary/aromatic N) is 5. The lowest BCUT2D eigenvalue weighted by atomic mass is 9.90. The van der Waals surface area contributed by atoms with Crippen LogP contribution in [-0.2, 0) is 31.0 Å². The van der Waals surface area contributed by atoms with E-state index in [-0.39, 0.29) is 24.0 Å². The molecule has 47 heavy (non-hydrogen) atoms. The number of rotatable bonds is 12. The van der Waals surface area contributed by atoms with Gasteiger partial charge in [0, 0.05) is 18.3 Å². The molecule has 0 amide bonds. The molecule has 1 fully saturated rings. The van der Waals surface area contributed by atoms with Crippen molar-refractivity contribution in [2.75, 3.05) is 25.6 Å². The lowest BCUT2D eigenvalue weighted by Crippen LogP contribution is -2.45. The van der Waals surface area contributed by atoms with E-state index in [1.807, 2.05) is 56.3 Å². The number of fused-ring (bicyclic) bond motifs is 1. The minimum Gasteiger partial charge on any atom is -0.467 e. The summed E-state index contributed by atoms with van der Waals surface area (Å²) in [5, 5.41) is 15.8. The Morgan fingerprint density at radius 3 is 2.68 bits per heavy atom. The van der Waals surface area contributed by atoms with Crippen molar-refractivity contribution < 1.29 is 28.5 Å². The molecule has 5 aromatic rings. The number of nitrogens with one attached hydrogen (secondary N) is 1. The zero-order chi connectivity index (χ0) is 33.1. The summed E-state index contributed by atoms with van der Waals surface area (Å²) in [6.45, 7) is 4.32. The van der Waals surface area contributed by atoms with Gasteiger partial charge >= 0.3 is 5.97 Å². The summed E-state index contributed by atoms with van der Waals surface area (Å²) in [6.07, 6.45) is -3.65. The largest absolute Gasteiger partial charge is 0.467 e. The Labute approximate surface area is 279 Å². The maximum atomic E-state index is 15.7. The molecule has 0 bridgehead atoms. The molecule has 1 saturated heterocycles. The molecular formula is C33H34ClFN6O5S. The number of aromatic nitrogens is 5. The molecule has 2 N–H and O–H groups in total. The van der Waals surface area contributed by atoms with Crippen molar-refractivity contribution in [1.82, 2.24) is 24.5 Å². The van der Waals surface area contributed by atoms with Gasteiger partial charge in [-0.2, -0.15) is 9.97 Å². The number of aryl methyl sites for hydroxylation is 1. The van der Waals surface area contributed by atoms with Crippen molar-refractivity contribution in [2.24, 2.45) is 0 Å². The second-order valence-electron chi connectivity index (χ2n) is 11.3. The highest BCUT2D eigenvalue weighted by Gasteiger charge is 2.50. The third-order valence-corrected chi connectivity index (χ3v) is 8.98. The summed E-state index contributed by atoms with van der Waals surface area (Å²) < 4.78 is 34.7. The van der Waals surface area contributed by atoms with Gasteiger partial charge in [0.05, 0.1) is 31.2 Å². The highest BCUT2D eigenvalue weighted by Crippen LogP contribution is 2.38. The van der Waals surface area contributed by atoms with Crippen molar-refractivity contribution >= 4 is 45.9 Å². The predicted molar refractivity (Wildman–Crippen MR) is 176 cm³/mol. The third kappa shape index (κ3) is 6.46. The van der Waals surface area contributed by atoms with Crippen LogP contribution in [0.5, 0.6) is 0 Å². The zero-order valence-electron chi connectivity index (χ0n) is 26.0. The molecule has 1 unspecified atom stereocenters. The number of esters is 1. The van der Waals surface area contributed by atoms with Crippen molar-refractivity contribution in [3.05, 3.63) is 87.9 Å². The second-order valence-corrected chi connectivity index (χ2v) is 12.3. The molecule has 246 valence electrons. The van der Waals surface area contributed by atoms with E-state index in [0.717, 1.165) is 28.7 Å². The number of hydrogen-bond donors (Lipinski definition) is 2. The van der Waals surface area contributed by atoms with E-state index in [1.54, 1.807) is 10.9 Å². The van der Waals surface area contributed by atoms with E-state index in [2.05, 4.69) is 31.3 Å². The van der Waals surface area contributed by atoms with Crippen molar-refractivity contribution in [1.29, 1.82) is 0 Å². The Morgan fingerprint density at radius 1 is 1.19 bits per heavy atom. The minimum absolute atomic E-state index is 0.0512. The van der Waals surface area contributed by atoms with Crippen LogP contribution >= 0.6 is 22.9 Å². The van der Waals surface area contributed by atoms with Crippen molar-refractivity contribution in [3.63, 3.8) is 0 Å². The van der Waals surface area contributed by atoms with E-state index in [0.29, 0.717) is 23.6 Å². The maximum absolute atomic E-state index is 15.7. The standard InChI is InChI=1S/C33H34ClFN6O5S/c1-4-13-36-28-26-29(40-32(34)39-28)41(17-37-26)30-25(35)27(42)23(46-30)15-45-33(31(43)44-3,24-16-47-18-38-24)14-20-9-11-21(12-10-20)22-8-6-5-7-19(22)2/h5-12,16-18,23,25,27,30,42H,4,13-15H2,1-3H3,(H,36,39,40)/t23-,25+,27-,30-,33?/m1/s1.